The summed E-state index contributed by atoms with van der Waals surface area (Å²) in [6.07, 6.45) is 0.769. The van der Waals surface area contributed by atoms with E-state index >= 15 is 0 Å². The molecular weight excluding hydrogens is 274 g/mol. The van der Waals surface area contributed by atoms with Crippen molar-refractivity contribution in [2.75, 3.05) is 19.8 Å². The van der Waals surface area contributed by atoms with E-state index in [-0.39, 0.29) is 18.9 Å². The van der Waals surface area contributed by atoms with Crippen LogP contribution in [0.25, 0.3) is 0 Å². The Bertz CT molecular complexity index is 487. The molecule has 0 spiro atoms. The van der Waals surface area contributed by atoms with Gasteiger partial charge in [0.1, 0.15) is 0 Å². The molecule has 1 rings (SSSR count). The SMILES string of the molecule is CCCOc1ccc(C(=O)NCCC(=O)O)cc1OCC. The Hall–Kier alpha value is -2.24. The lowest BCUT2D eigenvalue weighted by molar-refractivity contribution is -0.136. The summed E-state index contributed by atoms with van der Waals surface area (Å²) in [5.41, 5.74) is 0.410. The maximum atomic E-state index is 11.9. The summed E-state index contributed by atoms with van der Waals surface area (Å²) < 4.78 is 11.0. The van der Waals surface area contributed by atoms with Gasteiger partial charge in [0.25, 0.3) is 5.91 Å². The van der Waals surface area contributed by atoms with Crippen LogP contribution >= 0.6 is 0 Å². The van der Waals surface area contributed by atoms with Crippen molar-refractivity contribution < 1.29 is 24.2 Å². The van der Waals surface area contributed by atoms with Crippen LogP contribution in [0, 0.1) is 0 Å². The number of aliphatic carboxylic acids is 1. The van der Waals surface area contributed by atoms with Crippen molar-refractivity contribution in [3.63, 3.8) is 0 Å². The molecular formula is C15H21NO5. The first-order valence-electron chi connectivity index (χ1n) is 6.98. The van der Waals surface area contributed by atoms with E-state index in [2.05, 4.69) is 5.32 Å². The molecule has 0 aliphatic heterocycles. The largest absolute Gasteiger partial charge is 0.490 e. The Morgan fingerprint density at radius 2 is 1.95 bits per heavy atom. The van der Waals surface area contributed by atoms with Crippen molar-refractivity contribution in [3.8, 4) is 11.5 Å². The third kappa shape index (κ3) is 5.72. The van der Waals surface area contributed by atoms with Gasteiger partial charge in [0, 0.05) is 12.1 Å². The molecule has 2 N–H and O–H groups in total. The van der Waals surface area contributed by atoms with Crippen LogP contribution in [0.1, 0.15) is 37.0 Å². The van der Waals surface area contributed by atoms with Gasteiger partial charge in [0.05, 0.1) is 19.6 Å². The van der Waals surface area contributed by atoms with E-state index in [1.54, 1.807) is 18.2 Å². The number of hydrogen-bond donors (Lipinski definition) is 2. The minimum Gasteiger partial charge on any atom is -0.490 e. The highest BCUT2D eigenvalue weighted by Gasteiger charge is 2.11. The first kappa shape index (κ1) is 16.8. The predicted molar refractivity (Wildman–Crippen MR) is 78.0 cm³/mol. The van der Waals surface area contributed by atoms with Crippen LogP contribution in [-0.2, 0) is 4.79 Å². The molecule has 0 aliphatic carbocycles. The number of amides is 1. The Kier molecular flexibility index (Phi) is 7.08. The maximum absolute atomic E-state index is 11.9. The number of carbonyl (C=O) groups is 2. The molecule has 0 unspecified atom stereocenters. The van der Waals surface area contributed by atoms with E-state index in [1.165, 1.54) is 0 Å². The van der Waals surface area contributed by atoms with Crippen molar-refractivity contribution in [2.24, 2.45) is 0 Å². The van der Waals surface area contributed by atoms with Crippen LogP contribution in [0.3, 0.4) is 0 Å². The van der Waals surface area contributed by atoms with Gasteiger partial charge in [0.15, 0.2) is 11.5 Å². The second kappa shape index (κ2) is 8.84. The summed E-state index contributed by atoms with van der Waals surface area (Å²) in [5.74, 6) is -0.175. The molecule has 0 bridgehead atoms. The predicted octanol–water partition coefficient (Wildman–Crippen LogP) is 2.08. The fraction of sp³-hybridized carbons (Fsp3) is 0.467. The number of carboxylic acids is 1. The van der Waals surface area contributed by atoms with Crippen LogP contribution in [0.5, 0.6) is 11.5 Å². The highest BCUT2D eigenvalue weighted by Crippen LogP contribution is 2.28. The molecule has 0 radical (unpaired) electrons. The third-order valence-electron chi connectivity index (χ3n) is 2.59. The number of hydrogen-bond acceptors (Lipinski definition) is 4. The molecule has 1 amide bonds. The summed E-state index contributed by atoms with van der Waals surface area (Å²) in [6.45, 7) is 4.98. The molecule has 0 atom stereocenters. The smallest absolute Gasteiger partial charge is 0.305 e. The zero-order chi connectivity index (χ0) is 15.7. The Balaban J connectivity index is 2.76. The number of benzene rings is 1. The molecule has 6 heteroatoms. The number of ether oxygens (including phenoxy) is 2. The first-order valence-corrected chi connectivity index (χ1v) is 6.98. The zero-order valence-electron chi connectivity index (χ0n) is 12.3. The molecule has 116 valence electrons. The van der Waals surface area contributed by atoms with Gasteiger partial charge in [-0.3, -0.25) is 9.59 Å². The summed E-state index contributed by atoms with van der Waals surface area (Å²) in [5, 5.41) is 11.1. The van der Waals surface area contributed by atoms with Gasteiger partial charge in [-0.1, -0.05) is 6.92 Å². The average molecular weight is 295 g/mol. The lowest BCUT2D eigenvalue weighted by atomic mass is 10.2. The van der Waals surface area contributed by atoms with Gasteiger partial charge in [-0.2, -0.15) is 0 Å². The van der Waals surface area contributed by atoms with Crippen LogP contribution in [-0.4, -0.2) is 36.7 Å². The van der Waals surface area contributed by atoms with Gasteiger partial charge in [-0.25, -0.2) is 0 Å². The fourth-order valence-electron chi connectivity index (χ4n) is 1.63. The van der Waals surface area contributed by atoms with Crippen molar-refractivity contribution >= 4 is 11.9 Å². The van der Waals surface area contributed by atoms with Crippen LogP contribution in [0.15, 0.2) is 18.2 Å². The fourth-order valence-corrected chi connectivity index (χ4v) is 1.63. The average Bonchev–Trinajstić information content (AvgIpc) is 2.45. The van der Waals surface area contributed by atoms with Gasteiger partial charge in [-0.05, 0) is 31.5 Å². The summed E-state index contributed by atoms with van der Waals surface area (Å²) in [7, 11) is 0. The van der Waals surface area contributed by atoms with E-state index in [0.29, 0.717) is 30.3 Å². The standard InChI is InChI=1S/C15H21NO5/c1-3-9-21-12-6-5-11(10-13(12)20-4-2)15(19)16-8-7-14(17)18/h5-6,10H,3-4,7-9H2,1-2H3,(H,16,19)(H,17,18). The van der Waals surface area contributed by atoms with E-state index in [4.69, 9.17) is 14.6 Å². The van der Waals surface area contributed by atoms with Crippen molar-refractivity contribution in [2.45, 2.75) is 26.7 Å². The maximum Gasteiger partial charge on any atom is 0.305 e. The Morgan fingerprint density at radius 3 is 2.57 bits per heavy atom. The van der Waals surface area contributed by atoms with Crippen molar-refractivity contribution in [1.29, 1.82) is 0 Å². The molecule has 0 aliphatic rings. The molecule has 0 aromatic heterocycles. The molecule has 0 heterocycles. The summed E-state index contributed by atoms with van der Waals surface area (Å²) >= 11 is 0. The number of rotatable bonds is 9. The number of carbonyl (C=O) groups excluding carboxylic acids is 1. The lowest BCUT2D eigenvalue weighted by Gasteiger charge is -2.13. The summed E-state index contributed by atoms with van der Waals surface area (Å²) in [6, 6.07) is 4.92. The van der Waals surface area contributed by atoms with E-state index in [1.807, 2.05) is 13.8 Å². The Morgan fingerprint density at radius 1 is 1.19 bits per heavy atom. The van der Waals surface area contributed by atoms with E-state index in [9.17, 15) is 9.59 Å². The number of nitrogens with one attached hydrogen (secondary N) is 1. The molecule has 0 fully saturated rings. The second-order valence-electron chi connectivity index (χ2n) is 4.34. The molecule has 1 aromatic carbocycles. The van der Waals surface area contributed by atoms with Gasteiger partial charge in [0.2, 0.25) is 0 Å². The molecule has 0 saturated carbocycles. The highest BCUT2D eigenvalue weighted by atomic mass is 16.5. The number of carboxylic acid groups (broad SMARTS) is 1. The minimum absolute atomic E-state index is 0.0895. The molecule has 0 saturated heterocycles. The Labute approximate surface area is 124 Å². The third-order valence-corrected chi connectivity index (χ3v) is 2.59. The molecule has 6 nitrogen and oxygen atoms in total. The normalized spacial score (nSPS) is 10.0. The summed E-state index contributed by atoms with van der Waals surface area (Å²) in [4.78, 5) is 22.3. The van der Waals surface area contributed by atoms with E-state index in [0.717, 1.165) is 6.42 Å². The highest BCUT2D eigenvalue weighted by molar-refractivity contribution is 5.95. The van der Waals surface area contributed by atoms with Crippen LogP contribution in [0.4, 0.5) is 0 Å². The monoisotopic (exact) mass is 295 g/mol. The zero-order valence-corrected chi connectivity index (χ0v) is 12.3. The van der Waals surface area contributed by atoms with Crippen LogP contribution in [0.2, 0.25) is 0 Å². The first-order chi connectivity index (χ1) is 10.1. The quantitative estimate of drug-likeness (QED) is 0.728. The second-order valence-corrected chi connectivity index (χ2v) is 4.34. The molecule has 1 aromatic rings. The van der Waals surface area contributed by atoms with Gasteiger partial charge >= 0.3 is 5.97 Å². The van der Waals surface area contributed by atoms with Crippen LogP contribution < -0.4 is 14.8 Å². The van der Waals surface area contributed by atoms with Gasteiger partial charge in [-0.15, -0.1) is 0 Å². The van der Waals surface area contributed by atoms with Crippen molar-refractivity contribution in [3.05, 3.63) is 23.8 Å². The van der Waals surface area contributed by atoms with Crippen molar-refractivity contribution in [1.82, 2.24) is 5.32 Å². The van der Waals surface area contributed by atoms with E-state index < -0.39 is 5.97 Å². The van der Waals surface area contributed by atoms with Gasteiger partial charge < -0.3 is 19.9 Å². The topological polar surface area (TPSA) is 84.9 Å². The minimum atomic E-state index is -0.950. The lowest BCUT2D eigenvalue weighted by Crippen LogP contribution is -2.26. The molecule has 21 heavy (non-hydrogen) atoms.